The van der Waals surface area contributed by atoms with Gasteiger partial charge in [0.1, 0.15) is 13.2 Å². The molecule has 5 rings (SSSR count). The summed E-state index contributed by atoms with van der Waals surface area (Å²) in [7, 11) is 1.60. The monoisotopic (exact) mass is 463 g/mol. The van der Waals surface area contributed by atoms with E-state index in [-0.39, 0.29) is 17.7 Å². The van der Waals surface area contributed by atoms with Crippen molar-refractivity contribution >= 4 is 40.0 Å². The number of hydrogen-bond donors (Lipinski definition) is 3. The highest BCUT2D eigenvalue weighted by Gasteiger charge is 2.14. The lowest BCUT2D eigenvalue weighted by atomic mass is 10.2. The van der Waals surface area contributed by atoms with Crippen LogP contribution in [0, 0.1) is 5.82 Å². The summed E-state index contributed by atoms with van der Waals surface area (Å²) < 4.78 is 27.3. The fraction of sp³-hybridized carbons (Fsp3) is 0.217. The maximum absolute atomic E-state index is 14.5. The Labute approximate surface area is 194 Å². The van der Waals surface area contributed by atoms with Crippen LogP contribution in [-0.2, 0) is 11.3 Å². The average molecular weight is 463 g/mol. The van der Waals surface area contributed by atoms with Crippen LogP contribution in [0.3, 0.4) is 0 Å². The summed E-state index contributed by atoms with van der Waals surface area (Å²) in [5.74, 6) is 0.866. The number of ether oxygens (including phenoxy) is 2. The van der Waals surface area contributed by atoms with Gasteiger partial charge in [-0.1, -0.05) is 0 Å². The van der Waals surface area contributed by atoms with Crippen molar-refractivity contribution in [1.82, 2.24) is 25.1 Å². The molecule has 2 aromatic carbocycles. The van der Waals surface area contributed by atoms with E-state index in [0.29, 0.717) is 49.1 Å². The number of hydrogen-bond acceptors (Lipinski definition) is 8. The highest BCUT2D eigenvalue weighted by Crippen LogP contribution is 2.33. The van der Waals surface area contributed by atoms with Gasteiger partial charge in [-0.2, -0.15) is 10.1 Å². The average Bonchev–Trinajstić information content (AvgIpc) is 3.26. The molecule has 2 aromatic heterocycles. The number of aromatic nitrogens is 4. The van der Waals surface area contributed by atoms with Crippen molar-refractivity contribution in [3.63, 3.8) is 0 Å². The molecule has 34 heavy (non-hydrogen) atoms. The van der Waals surface area contributed by atoms with Gasteiger partial charge in [0, 0.05) is 36.3 Å². The zero-order chi connectivity index (χ0) is 23.5. The Balaban J connectivity index is 1.35. The van der Waals surface area contributed by atoms with E-state index >= 15 is 0 Å². The SMILES string of the molecule is CNC(=O)CCn1ncc2ccc(Nc3nc(Nc4ccc5c(c4)OCCO5)ncc3F)cc21. The molecule has 0 saturated heterocycles. The first-order valence-electron chi connectivity index (χ1n) is 10.7. The third-order valence-electron chi connectivity index (χ3n) is 5.28. The second-order valence-corrected chi connectivity index (χ2v) is 7.56. The van der Waals surface area contributed by atoms with Crippen LogP contribution < -0.4 is 25.4 Å². The number of nitrogens with one attached hydrogen (secondary N) is 3. The van der Waals surface area contributed by atoms with Crippen LogP contribution in [0.15, 0.2) is 48.8 Å². The zero-order valence-electron chi connectivity index (χ0n) is 18.3. The van der Waals surface area contributed by atoms with Crippen LogP contribution in [0.4, 0.5) is 27.5 Å². The number of fused-ring (bicyclic) bond motifs is 2. The molecule has 174 valence electrons. The van der Waals surface area contributed by atoms with Gasteiger partial charge in [0.2, 0.25) is 11.9 Å². The molecule has 10 nitrogen and oxygen atoms in total. The molecule has 3 heterocycles. The van der Waals surface area contributed by atoms with E-state index in [2.05, 4.69) is 31.0 Å². The Bertz CT molecular complexity index is 1360. The highest BCUT2D eigenvalue weighted by atomic mass is 19.1. The van der Waals surface area contributed by atoms with Crippen molar-refractivity contribution in [3.05, 3.63) is 54.6 Å². The van der Waals surface area contributed by atoms with Gasteiger partial charge < -0.3 is 25.4 Å². The third kappa shape index (κ3) is 4.53. The second kappa shape index (κ2) is 9.22. The first kappa shape index (κ1) is 21.4. The minimum Gasteiger partial charge on any atom is -0.486 e. The number of aryl methyl sites for hydroxylation is 1. The standard InChI is InChI=1S/C23H22FN7O3/c1-25-21(32)6-7-31-18-10-15(3-2-14(18)12-27-31)28-22-17(24)13-26-23(30-22)29-16-4-5-19-20(11-16)34-9-8-33-19/h2-5,10-13H,6-9H2,1H3,(H,25,32)(H2,26,28,29,30). The molecule has 0 aliphatic carbocycles. The molecule has 11 heteroatoms. The molecule has 1 aliphatic heterocycles. The number of amides is 1. The molecule has 0 radical (unpaired) electrons. The van der Waals surface area contributed by atoms with Gasteiger partial charge in [-0.25, -0.2) is 9.37 Å². The molecule has 1 amide bonds. The molecule has 3 N–H and O–H groups in total. The van der Waals surface area contributed by atoms with Gasteiger partial charge >= 0.3 is 0 Å². The summed E-state index contributed by atoms with van der Waals surface area (Å²) in [4.78, 5) is 19.9. The van der Waals surface area contributed by atoms with Gasteiger partial charge in [0.25, 0.3) is 0 Å². The van der Waals surface area contributed by atoms with Crippen molar-refractivity contribution in [3.8, 4) is 11.5 Å². The summed E-state index contributed by atoms with van der Waals surface area (Å²) in [6.07, 6.45) is 3.13. The Hall–Kier alpha value is -4.41. The predicted molar refractivity (Wildman–Crippen MR) is 124 cm³/mol. The molecular weight excluding hydrogens is 441 g/mol. The number of carbonyl (C=O) groups is 1. The maximum Gasteiger partial charge on any atom is 0.229 e. The lowest BCUT2D eigenvalue weighted by Crippen LogP contribution is -2.19. The summed E-state index contributed by atoms with van der Waals surface area (Å²) in [5, 5.41) is 13.9. The van der Waals surface area contributed by atoms with E-state index in [1.165, 1.54) is 0 Å². The van der Waals surface area contributed by atoms with Crippen molar-refractivity contribution in [2.75, 3.05) is 30.9 Å². The molecule has 0 saturated carbocycles. The van der Waals surface area contributed by atoms with Crippen LogP contribution in [-0.4, -0.2) is 45.9 Å². The first-order chi connectivity index (χ1) is 16.6. The normalized spacial score (nSPS) is 12.4. The summed E-state index contributed by atoms with van der Waals surface area (Å²) in [6, 6.07) is 10.9. The van der Waals surface area contributed by atoms with Crippen LogP contribution in [0.5, 0.6) is 11.5 Å². The third-order valence-corrected chi connectivity index (χ3v) is 5.28. The highest BCUT2D eigenvalue weighted by molar-refractivity contribution is 5.83. The molecule has 0 bridgehead atoms. The van der Waals surface area contributed by atoms with Crippen LogP contribution in [0.1, 0.15) is 6.42 Å². The minimum atomic E-state index is -0.596. The molecular formula is C23H22FN7O3. The van der Waals surface area contributed by atoms with Crippen LogP contribution >= 0.6 is 0 Å². The molecule has 1 aliphatic rings. The molecule has 4 aromatic rings. The summed E-state index contributed by atoms with van der Waals surface area (Å²) in [5.41, 5.74) is 2.12. The number of halogens is 1. The largest absolute Gasteiger partial charge is 0.486 e. The van der Waals surface area contributed by atoms with E-state index < -0.39 is 5.82 Å². The number of rotatable bonds is 7. The van der Waals surface area contributed by atoms with Gasteiger partial charge in [0.15, 0.2) is 23.1 Å². The molecule has 0 atom stereocenters. The number of benzene rings is 2. The van der Waals surface area contributed by atoms with Crippen LogP contribution in [0.25, 0.3) is 10.9 Å². The Morgan fingerprint density at radius 1 is 1.06 bits per heavy atom. The van der Waals surface area contributed by atoms with Crippen LogP contribution in [0.2, 0.25) is 0 Å². The minimum absolute atomic E-state index is 0.0193. The van der Waals surface area contributed by atoms with Gasteiger partial charge in [-0.05, 0) is 30.3 Å². The van der Waals surface area contributed by atoms with Gasteiger partial charge in [-0.3, -0.25) is 9.48 Å². The maximum atomic E-state index is 14.5. The number of anilines is 4. The molecule has 0 unspecified atom stereocenters. The Morgan fingerprint density at radius 2 is 1.85 bits per heavy atom. The summed E-state index contributed by atoms with van der Waals surface area (Å²) in [6.45, 7) is 1.42. The van der Waals surface area contributed by atoms with Gasteiger partial charge in [-0.15, -0.1) is 0 Å². The lowest BCUT2D eigenvalue weighted by Gasteiger charge is -2.19. The van der Waals surface area contributed by atoms with Gasteiger partial charge in [0.05, 0.1) is 24.5 Å². The lowest BCUT2D eigenvalue weighted by molar-refractivity contribution is -0.120. The van der Waals surface area contributed by atoms with E-state index in [9.17, 15) is 9.18 Å². The van der Waals surface area contributed by atoms with Crippen molar-refractivity contribution in [2.45, 2.75) is 13.0 Å². The quantitative estimate of drug-likeness (QED) is 0.382. The molecule has 0 fully saturated rings. The predicted octanol–water partition coefficient (Wildman–Crippen LogP) is 3.36. The fourth-order valence-electron chi connectivity index (χ4n) is 3.56. The van der Waals surface area contributed by atoms with E-state index in [1.54, 1.807) is 36.1 Å². The molecule has 0 spiro atoms. The summed E-state index contributed by atoms with van der Waals surface area (Å²) >= 11 is 0. The first-order valence-corrected chi connectivity index (χ1v) is 10.7. The van der Waals surface area contributed by atoms with Crippen molar-refractivity contribution in [2.24, 2.45) is 0 Å². The fourth-order valence-corrected chi connectivity index (χ4v) is 3.56. The van der Waals surface area contributed by atoms with E-state index in [1.807, 2.05) is 18.2 Å². The van der Waals surface area contributed by atoms with Crippen molar-refractivity contribution < 1.29 is 18.7 Å². The Morgan fingerprint density at radius 3 is 2.71 bits per heavy atom. The second-order valence-electron chi connectivity index (χ2n) is 7.56. The number of nitrogens with zero attached hydrogens (tertiary/aromatic N) is 4. The zero-order valence-corrected chi connectivity index (χ0v) is 18.3. The van der Waals surface area contributed by atoms with E-state index in [0.717, 1.165) is 17.1 Å². The topological polar surface area (TPSA) is 115 Å². The van der Waals surface area contributed by atoms with E-state index in [4.69, 9.17) is 9.47 Å². The van der Waals surface area contributed by atoms with Crippen molar-refractivity contribution in [1.29, 1.82) is 0 Å². The Kier molecular flexibility index (Phi) is 5.81. The smallest absolute Gasteiger partial charge is 0.229 e. The number of carbonyl (C=O) groups excluding carboxylic acids is 1.